The molecule has 6 rings (SSSR count). The molecule has 0 N–H and O–H groups in total. The van der Waals surface area contributed by atoms with Gasteiger partial charge in [-0.3, -0.25) is 0 Å². The average molecular weight is 513 g/mol. The summed E-state index contributed by atoms with van der Waals surface area (Å²) in [4.78, 5) is 34.1. The molecule has 3 aromatic heterocycles. The van der Waals surface area contributed by atoms with Crippen LogP contribution in [0.1, 0.15) is 31.9 Å². The Labute approximate surface area is 214 Å². The Morgan fingerprint density at radius 3 is 2.56 bits per heavy atom. The number of ether oxygens (including phenoxy) is 3. The van der Waals surface area contributed by atoms with Gasteiger partial charge in [-0.05, 0) is 26.3 Å². The van der Waals surface area contributed by atoms with Gasteiger partial charge in [0.25, 0.3) is 0 Å². The first-order chi connectivity index (χ1) is 17.4. The molecule has 192 valence electrons. The van der Waals surface area contributed by atoms with Crippen LogP contribution in [0, 0.1) is 0 Å². The number of carbonyl (C=O) groups excluding carboxylic acids is 1. The minimum atomic E-state index is -0.253. The van der Waals surface area contributed by atoms with E-state index in [0.717, 1.165) is 51.6 Å². The van der Waals surface area contributed by atoms with Crippen LogP contribution in [-0.2, 0) is 27.2 Å². The SMILES string of the molecule is CCOC(=O)N1CCN(c2ncnc3c2sc2nc(N4CCOCC4)c4c(c23)CC(C)(C)OC4)CC1. The van der Waals surface area contributed by atoms with Crippen molar-refractivity contribution in [2.75, 3.05) is 68.9 Å². The number of thiophene rings is 1. The minimum Gasteiger partial charge on any atom is -0.450 e. The van der Waals surface area contributed by atoms with Gasteiger partial charge in [-0.2, -0.15) is 0 Å². The third kappa shape index (κ3) is 4.12. The molecular formula is C25H32N6O4S. The first-order valence-corrected chi connectivity index (χ1v) is 13.5. The highest BCUT2D eigenvalue weighted by molar-refractivity contribution is 7.26. The van der Waals surface area contributed by atoms with Crippen LogP contribution in [-0.4, -0.2) is 90.6 Å². The van der Waals surface area contributed by atoms with Crippen LogP contribution in [0.4, 0.5) is 16.4 Å². The van der Waals surface area contributed by atoms with Gasteiger partial charge in [-0.25, -0.2) is 19.7 Å². The fourth-order valence-corrected chi connectivity index (χ4v) is 6.53. The lowest BCUT2D eigenvalue weighted by Gasteiger charge is -2.36. The predicted molar refractivity (Wildman–Crippen MR) is 139 cm³/mol. The van der Waals surface area contributed by atoms with E-state index in [0.29, 0.717) is 52.6 Å². The van der Waals surface area contributed by atoms with Crippen molar-refractivity contribution in [1.29, 1.82) is 0 Å². The normalized spacial score (nSPS) is 20.1. The third-order valence-corrected chi connectivity index (χ3v) is 8.27. The largest absolute Gasteiger partial charge is 0.450 e. The van der Waals surface area contributed by atoms with Crippen molar-refractivity contribution in [3.8, 4) is 0 Å². The Balaban J connectivity index is 1.43. The van der Waals surface area contributed by atoms with Gasteiger partial charge in [-0.1, -0.05) is 0 Å². The molecule has 11 heteroatoms. The third-order valence-electron chi connectivity index (χ3n) is 7.20. The molecular weight excluding hydrogens is 480 g/mol. The smallest absolute Gasteiger partial charge is 0.409 e. The van der Waals surface area contributed by atoms with Crippen LogP contribution in [0.5, 0.6) is 0 Å². The lowest BCUT2D eigenvalue weighted by Crippen LogP contribution is -2.49. The van der Waals surface area contributed by atoms with Gasteiger partial charge >= 0.3 is 6.09 Å². The van der Waals surface area contributed by atoms with E-state index in [1.807, 2.05) is 6.92 Å². The second-order valence-electron chi connectivity index (χ2n) is 10.0. The molecule has 0 saturated carbocycles. The van der Waals surface area contributed by atoms with Crippen LogP contribution in [0.3, 0.4) is 0 Å². The lowest BCUT2D eigenvalue weighted by molar-refractivity contribution is -0.0396. The molecule has 0 radical (unpaired) electrons. The number of morpholine rings is 1. The van der Waals surface area contributed by atoms with Crippen molar-refractivity contribution in [1.82, 2.24) is 19.9 Å². The maximum Gasteiger partial charge on any atom is 0.409 e. The van der Waals surface area contributed by atoms with E-state index in [9.17, 15) is 4.79 Å². The maximum absolute atomic E-state index is 12.2. The van der Waals surface area contributed by atoms with Gasteiger partial charge in [0.15, 0.2) is 0 Å². The van der Waals surface area contributed by atoms with Crippen molar-refractivity contribution in [3.63, 3.8) is 0 Å². The lowest BCUT2D eigenvalue weighted by atomic mass is 9.90. The summed E-state index contributed by atoms with van der Waals surface area (Å²) in [5.74, 6) is 1.93. The van der Waals surface area contributed by atoms with E-state index in [2.05, 4.69) is 23.6 Å². The molecule has 3 aromatic rings. The Hall–Kier alpha value is -2.76. The number of anilines is 2. The van der Waals surface area contributed by atoms with E-state index in [1.54, 1.807) is 22.6 Å². The van der Waals surface area contributed by atoms with Gasteiger partial charge in [0.1, 0.15) is 22.8 Å². The average Bonchev–Trinajstić information content (AvgIpc) is 3.27. The van der Waals surface area contributed by atoms with Crippen molar-refractivity contribution in [2.45, 2.75) is 39.4 Å². The molecule has 3 aliphatic rings. The van der Waals surface area contributed by atoms with Crippen molar-refractivity contribution in [3.05, 3.63) is 17.5 Å². The Morgan fingerprint density at radius 1 is 1.06 bits per heavy atom. The van der Waals surface area contributed by atoms with Gasteiger partial charge in [0.05, 0.1) is 42.2 Å². The molecule has 3 aliphatic heterocycles. The Bertz CT molecular complexity index is 1300. The summed E-state index contributed by atoms with van der Waals surface area (Å²) >= 11 is 1.67. The van der Waals surface area contributed by atoms with Crippen LogP contribution in [0.2, 0.25) is 0 Å². The van der Waals surface area contributed by atoms with Gasteiger partial charge in [-0.15, -0.1) is 11.3 Å². The summed E-state index contributed by atoms with van der Waals surface area (Å²) in [5, 5.41) is 1.13. The zero-order valence-electron chi connectivity index (χ0n) is 21.1. The quantitative estimate of drug-likeness (QED) is 0.524. The fraction of sp³-hybridized carbons (Fsp3) is 0.600. The van der Waals surface area contributed by atoms with E-state index >= 15 is 0 Å². The monoisotopic (exact) mass is 512 g/mol. The van der Waals surface area contributed by atoms with Crippen LogP contribution in [0.25, 0.3) is 20.4 Å². The summed E-state index contributed by atoms with van der Waals surface area (Å²) in [6, 6.07) is 0. The highest BCUT2D eigenvalue weighted by Crippen LogP contribution is 2.44. The molecule has 2 saturated heterocycles. The molecule has 1 amide bonds. The number of hydrogen-bond acceptors (Lipinski definition) is 10. The van der Waals surface area contributed by atoms with Gasteiger partial charge < -0.3 is 28.9 Å². The van der Waals surface area contributed by atoms with Crippen LogP contribution >= 0.6 is 11.3 Å². The summed E-state index contributed by atoms with van der Waals surface area (Å²) < 4.78 is 18.1. The second kappa shape index (κ2) is 9.28. The zero-order chi connectivity index (χ0) is 24.9. The number of aromatic nitrogens is 3. The van der Waals surface area contributed by atoms with Crippen molar-refractivity contribution in [2.24, 2.45) is 0 Å². The van der Waals surface area contributed by atoms with E-state index < -0.39 is 0 Å². The molecule has 10 nitrogen and oxygen atoms in total. The molecule has 0 aliphatic carbocycles. The molecule has 0 bridgehead atoms. The number of fused-ring (bicyclic) bond motifs is 5. The minimum absolute atomic E-state index is 0.247. The molecule has 6 heterocycles. The Kier molecular flexibility index (Phi) is 6.09. The molecule has 0 unspecified atom stereocenters. The van der Waals surface area contributed by atoms with Crippen LogP contribution in [0.15, 0.2) is 6.33 Å². The first-order valence-electron chi connectivity index (χ1n) is 12.7. The second-order valence-corrected chi connectivity index (χ2v) is 11.0. The standard InChI is InChI=1S/C25H32N6O4S/c1-4-34-24(32)31-7-5-29(6-8-31)22-20-19(26-15-27-22)18-16-13-25(2,3)35-14-17(16)21(28-23(18)36-20)30-9-11-33-12-10-30/h15H,4-14H2,1-3H3. The number of hydrogen-bond donors (Lipinski definition) is 0. The number of amides is 1. The van der Waals surface area contributed by atoms with Gasteiger partial charge in [0.2, 0.25) is 0 Å². The summed E-state index contributed by atoms with van der Waals surface area (Å²) in [6.07, 6.45) is 2.22. The Morgan fingerprint density at radius 2 is 1.81 bits per heavy atom. The summed E-state index contributed by atoms with van der Waals surface area (Å²) in [6.45, 7) is 12.7. The van der Waals surface area contributed by atoms with E-state index in [-0.39, 0.29) is 11.7 Å². The number of rotatable bonds is 3. The van der Waals surface area contributed by atoms with E-state index in [1.165, 1.54) is 11.1 Å². The molecule has 2 fully saturated rings. The number of pyridine rings is 1. The fourth-order valence-electron chi connectivity index (χ4n) is 5.35. The summed E-state index contributed by atoms with van der Waals surface area (Å²) in [5.41, 5.74) is 3.17. The predicted octanol–water partition coefficient (Wildman–Crippen LogP) is 3.21. The highest BCUT2D eigenvalue weighted by atomic mass is 32.1. The number of carbonyl (C=O) groups is 1. The number of nitrogens with zero attached hydrogens (tertiary/aromatic N) is 6. The molecule has 0 spiro atoms. The summed E-state index contributed by atoms with van der Waals surface area (Å²) in [7, 11) is 0. The zero-order valence-corrected chi connectivity index (χ0v) is 21.9. The number of piperazine rings is 1. The maximum atomic E-state index is 12.2. The van der Waals surface area contributed by atoms with Crippen LogP contribution < -0.4 is 9.80 Å². The highest BCUT2D eigenvalue weighted by Gasteiger charge is 2.34. The van der Waals surface area contributed by atoms with Gasteiger partial charge in [0, 0.05) is 56.6 Å². The van der Waals surface area contributed by atoms with E-state index in [4.69, 9.17) is 29.2 Å². The molecule has 0 atom stereocenters. The van der Waals surface area contributed by atoms with Crippen molar-refractivity contribution >= 4 is 49.5 Å². The first kappa shape index (κ1) is 23.6. The topological polar surface area (TPSA) is 93.2 Å². The molecule has 36 heavy (non-hydrogen) atoms. The molecule has 0 aromatic carbocycles. The van der Waals surface area contributed by atoms with Crippen molar-refractivity contribution < 1.29 is 19.0 Å².